The van der Waals surface area contributed by atoms with E-state index < -0.39 is 0 Å². The van der Waals surface area contributed by atoms with Gasteiger partial charge in [0.05, 0.1) is 11.3 Å². The minimum absolute atomic E-state index is 0.171. The van der Waals surface area contributed by atoms with Gasteiger partial charge in [0, 0.05) is 19.3 Å². The summed E-state index contributed by atoms with van der Waals surface area (Å²) in [6.45, 7) is 2.09. The number of hydrogen-bond acceptors (Lipinski definition) is 5. The van der Waals surface area contributed by atoms with Gasteiger partial charge in [-0.2, -0.15) is 0 Å². The zero-order chi connectivity index (χ0) is 21.2. The lowest BCUT2D eigenvalue weighted by Gasteiger charge is -2.14. The number of likely N-dealkylation sites (N-methyl/N-ethyl adjacent to an activating group) is 1. The van der Waals surface area contributed by atoms with Gasteiger partial charge in [-0.15, -0.1) is 0 Å². The van der Waals surface area contributed by atoms with E-state index in [2.05, 4.69) is 10.3 Å². The maximum Gasteiger partial charge on any atom is 0.255 e. The standard InChI is InChI=1S/C24H27N3O3/c1-27(2)14-15-29-23-12-4-3-11-22(23)24(28)26-17-19-8-7-10-21(16-19)30-18-20-9-5-6-13-25-20/h3-13,16H,14-15,17-18H2,1-2H3,(H,26,28). The predicted octanol–water partition coefficient (Wildman–Crippen LogP) is 3.53. The quantitative estimate of drug-likeness (QED) is 0.559. The molecule has 6 heteroatoms. The molecular formula is C24H27N3O3. The van der Waals surface area contributed by atoms with Gasteiger partial charge in [0.1, 0.15) is 24.7 Å². The van der Waals surface area contributed by atoms with Gasteiger partial charge < -0.3 is 19.7 Å². The maximum atomic E-state index is 12.7. The molecule has 1 aromatic heterocycles. The predicted molar refractivity (Wildman–Crippen MR) is 117 cm³/mol. The van der Waals surface area contributed by atoms with Crippen LogP contribution in [0.4, 0.5) is 0 Å². The number of nitrogens with one attached hydrogen (secondary N) is 1. The number of carbonyl (C=O) groups excluding carboxylic acids is 1. The van der Waals surface area contributed by atoms with E-state index in [0.717, 1.165) is 23.6 Å². The lowest BCUT2D eigenvalue weighted by molar-refractivity contribution is 0.0946. The van der Waals surface area contributed by atoms with Crippen molar-refractivity contribution in [3.8, 4) is 11.5 Å². The fourth-order valence-corrected chi connectivity index (χ4v) is 2.78. The van der Waals surface area contributed by atoms with Crippen LogP contribution in [0.1, 0.15) is 21.6 Å². The summed E-state index contributed by atoms with van der Waals surface area (Å²) in [5.41, 5.74) is 2.34. The smallest absolute Gasteiger partial charge is 0.255 e. The number of rotatable bonds is 10. The number of hydrogen-bond donors (Lipinski definition) is 1. The van der Waals surface area contributed by atoms with Crippen LogP contribution >= 0.6 is 0 Å². The molecule has 1 N–H and O–H groups in total. The molecule has 1 heterocycles. The van der Waals surface area contributed by atoms with Crippen molar-refractivity contribution in [2.75, 3.05) is 27.2 Å². The molecule has 6 nitrogen and oxygen atoms in total. The van der Waals surface area contributed by atoms with Crippen LogP contribution in [0.15, 0.2) is 72.9 Å². The molecule has 0 unspecified atom stereocenters. The Morgan fingerprint density at radius 1 is 1.00 bits per heavy atom. The normalized spacial score (nSPS) is 10.6. The third-order valence-electron chi connectivity index (χ3n) is 4.39. The highest BCUT2D eigenvalue weighted by atomic mass is 16.5. The average molecular weight is 405 g/mol. The second-order valence-electron chi connectivity index (χ2n) is 7.09. The van der Waals surface area contributed by atoms with E-state index in [4.69, 9.17) is 9.47 Å². The number of carbonyl (C=O) groups is 1. The summed E-state index contributed by atoms with van der Waals surface area (Å²) in [7, 11) is 3.96. The molecule has 0 aliphatic heterocycles. The minimum atomic E-state index is -0.171. The van der Waals surface area contributed by atoms with Crippen LogP contribution < -0.4 is 14.8 Å². The lowest BCUT2D eigenvalue weighted by atomic mass is 10.1. The van der Waals surface area contributed by atoms with Crippen molar-refractivity contribution >= 4 is 5.91 Å². The molecule has 0 atom stereocenters. The summed E-state index contributed by atoms with van der Waals surface area (Å²) in [6.07, 6.45) is 1.74. The van der Waals surface area contributed by atoms with E-state index in [-0.39, 0.29) is 5.91 Å². The Morgan fingerprint density at radius 2 is 1.83 bits per heavy atom. The van der Waals surface area contributed by atoms with Crippen LogP contribution in [0, 0.1) is 0 Å². The van der Waals surface area contributed by atoms with Crippen molar-refractivity contribution in [1.82, 2.24) is 15.2 Å². The molecule has 3 rings (SSSR count). The number of benzene rings is 2. The molecule has 3 aromatic rings. The highest BCUT2D eigenvalue weighted by Gasteiger charge is 2.12. The van der Waals surface area contributed by atoms with Crippen LogP contribution in [0.25, 0.3) is 0 Å². The first-order valence-corrected chi connectivity index (χ1v) is 9.88. The summed E-state index contributed by atoms with van der Waals surface area (Å²) >= 11 is 0. The Labute approximate surface area is 177 Å². The number of pyridine rings is 1. The topological polar surface area (TPSA) is 63.7 Å². The third kappa shape index (κ3) is 6.60. The first-order valence-electron chi connectivity index (χ1n) is 9.88. The van der Waals surface area contributed by atoms with E-state index in [9.17, 15) is 4.79 Å². The molecule has 2 aromatic carbocycles. The van der Waals surface area contributed by atoms with E-state index >= 15 is 0 Å². The molecule has 0 saturated carbocycles. The fraction of sp³-hybridized carbons (Fsp3) is 0.250. The third-order valence-corrected chi connectivity index (χ3v) is 4.39. The Hall–Kier alpha value is -3.38. The number of amides is 1. The maximum absolute atomic E-state index is 12.7. The highest BCUT2D eigenvalue weighted by Crippen LogP contribution is 2.19. The molecule has 156 valence electrons. The van der Waals surface area contributed by atoms with Crippen LogP contribution in [-0.4, -0.2) is 43.0 Å². The van der Waals surface area contributed by atoms with Crippen LogP contribution in [0.5, 0.6) is 11.5 Å². The monoisotopic (exact) mass is 405 g/mol. The SMILES string of the molecule is CN(C)CCOc1ccccc1C(=O)NCc1cccc(OCc2ccccn2)c1. The summed E-state index contributed by atoms with van der Waals surface area (Å²) in [6, 6.07) is 20.7. The Bertz CT molecular complexity index is 945. The molecule has 0 spiro atoms. The number of para-hydroxylation sites is 1. The average Bonchev–Trinajstić information content (AvgIpc) is 2.77. The zero-order valence-corrected chi connectivity index (χ0v) is 17.4. The Morgan fingerprint density at radius 3 is 2.63 bits per heavy atom. The van der Waals surface area contributed by atoms with E-state index in [1.807, 2.05) is 79.7 Å². The molecule has 0 radical (unpaired) electrons. The summed E-state index contributed by atoms with van der Waals surface area (Å²) < 4.78 is 11.6. The fourth-order valence-electron chi connectivity index (χ4n) is 2.78. The molecule has 0 fully saturated rings. The van der Waals surface area contributed by atoms with Crippen LogP contribution in [0.3, 0.4) is 0 Å². The van der Waals surface area contributed by atoms with E-state index in [1.54, 1.807) is 12.3 Å². The number of ether oxygens (including phenoxy) is 2. The van der Waals surface area contributed by atoms with Gasteiger partial charge in [0.2, 0.25) is 0 Å². The minimum Gasteiger partial charge on any atom is -0.491 e. The van der Waals surface area contributed by atoms with Gasteiger partial charge in [0.15, 0.2) is 0 Å². The molecule has 30 heavy (non-hydrogen) atoms. The molecule has 1 amide bonds. The summed E-state index contributed by atoms with van der Waals surface area (Å²) in [5, 5.41) is 2.96. The zero-order valence-electron chi connectivity index (χ0n) is 17.4. The largest absolute Gasteiger partial charge is 0.491 e. The Balaban J connectivity index is 1.56. The highest BCUT2D eigenvalue weighted by molar-refractivity contribution is 5.96. The van der Waals surface area contributed by atoms with E-state index in [1.165, 1.54) is 0 Å². The van der Waals surface area contributed by atoms with Crippen molar-refractivity contribution in [2.24, 2.45) is 0 Å². The number of aromatic nitrogens is 1. The Kier molecular flexibility index (Phi) is 7.80. The van der Waals surface area contributed by atoms with Crippen LogP contribution in [-0.2, 0) is 13.2 Å². The second-order valence-corrected chi connectivity index (χ2v) is 7.09. The molecule has 0 aliphatic carbocycles. The van der Waals surface area contributed by atoms with Crippen molar-refractivity contribution in [2.45, 2.75) is 13.2 Å². The molecule has 0 bridgehead atoms. The molecule has 0 aliphatic rings. The first-order chi connectivity index (χ1) is 14.6. The van der Waals surface area contributed by atoms with Gasteiger partial charge in [0.25, 0.3) is 5.91 Å². The van der Waals surface area contributed by atoms with Crippen molar-refractivity contribution in [1.29, 1.82) is 0 Å². The number of nitrogens with zero attached hydrogens (tertiary/aromatic N) is 2. The van der Waals surface area contributed by atoms with Crippen molar-refractivity contribution in [3.05, 3.63) is 89.7 Å². The van der Waals surface area contributed by atoms with Crippen LogP contribution in [0.2, 0.25) is 0 Å². The first kappa shape index (κ1) is 21.3. The second kappa shape index (κ2) is 11.0. The van der Waals surface area contributed by atoms with Gasteiger partial charge in [-0.3, -0.25) is 9.78 Å². The van der Waals surface area contributed by atoms with Crippen molar-refractivity contribution in [3.63, 3.8) is 0 Å². The van der Waals surface area contributed by atoms with E-state index in [0.29, 0.717) is 31.1 Å². The van der Waals surface area contributed by atoms with Gasteiger partial charge in [-0.1, -0.05) is 30.3 Å². The van der Waals surface area contributed by atoms with Gasteiger partial charge in [-0.25, -0.2) is 0 Å². The van der Waals surface area contributed by atoms with Gasteiger partial charge in [-0.05, 0) is 56.1 Å². The summed E-state index contributed by atoms with van der Waals surface area (Å²) in [5.74, 6) is 1.15. The van der Waals surface area contributed by atoms with Crippen molar-refractivity contribution < 1.29 is 14.3 Å². The lowest BCUT2D eigenvalue weighted by Crippen LogP contribution is -2.24. The molecular weight excluding hydrogens is 378 g/mol. The van der Waals surface area contributed by atoms with Gasteiger partial charge >= 0.3 is 0 Å². The molecule has 0 saturated heterocycles. The summed E-state index contributed by atoms with van der Waals surface area (Å²) in [4.78, 5) is 19.0.